The van der Waals surface area contributed by atoms with Gasteiger partial charge < -0.3 is 9.26 Å². The summed E-state index contributed by atoms with van der Waals surface area (Å²) in [5, 5.41) is 7.67. The summed E-state index contributed by atoms with van der Waals surface area (Å²) in [7, 11) is 0. The van der Waals surface area contributed by atoms with Crippen molar-refractivity contribution in [2.75, 3.05) is 0 Å². The van der Waals surface area contributed by atoms with Crippen molar-refractivity contribution in [3.05, 3.63) is 75.8 Å². The average molecular weight is 514 g/mol. The molecule has 2 aromatic heterocycles. The first-order chi connectivity index (χ1) is 17.0. The minimum absolute atomic E-state index is 0.0109. The van der Waals surface area contributed by atoms with E-state index in [1.54, 1.807) is 0 Å². The minimum atomic E-state index is -4.96. The normalized spacial score (nSPS) is 15.4. The summed E-state index contributed by atoms with van der Waals surface area (Å²) in [6, 6.07) is 9.34. The van der Waals surface area contributed by atoms with Crippen LogP contribution < -0.4 is 0 Å². The molecular weight excluding hydrogens is 497 g/mol. The van der Waals surface area contributed by atoms with Crippen molar-refractivity contribution in [3.63, 3.8) is 0 Å². The summed E-state index contributed by atoms with van der Waals surface area (Å²) in [6.07, 6.45) is -3.42. The number of alkyl halides is 3. The first-order valence-electron chi connectivity index (χ1n) is 11.0. The summed E-state index contributed by atoms with van der Waals surface area (Å²) in [5.41, 5.74) is -3.15. The Morgan fingerprint density at radius 3 is 2.62 bits per heavy atom. The molecule has 0 bridgehead atoms. The average Bonchev–Trinajstić information content (AvgIpc) is 3.30. The van der Waals surface area contributed by atoms with Crippen LogP contribution in [0.15, 0.2) is 53.2 Å². The highest BCUT2D eigenvalue weighted by molar-refractivity contribution is 6.33. The molecule has 34 heavy (non-hydrogen) atoms. The van der Waals surface area contributed by atoms with Gasteiger partial charge in [0.25, 0.3) is 0 Å². The molecule has 5 rings (SSSR count). The summed E-state index contributed by atoms with van der Waals surface area (Å²) in [6.45, 7) is -2.70. The molecule has 0 saturated heterocycles. The van der Waals surface area contributed by atoms with E-state index >= 15 is 0 Å². The predicted molar refractivity (Wildman–Crippen MR) is 117 cm³/mol. The number of nitrogens with zero attached hydrogens (tertiary/aromatic N) is 3. The molecule has 1 fully saturated rings. The molecule has 0 unspecified atom stereocenters. The number of hydrogen-bond donors (Lipinski definition) is 0. The molecule has 1 aliphatic rings. The fourth-order valence-corrected chi connectivity index (χ4v) is 3.82. The lowest BCUT2D eigenvalue weighted by molar-refractivity contribution is -0.142. The van der Waals surface area contributed by atoms with E-state index in [1.165, 1.54) is 36.4 Å². The second-order valence-electron chi connectivity index (χ2n) is 7.55. The monoisotopic (exact) mass is 513 g/mol. The van der Waals surface area contributed by atoms with Crippen molar-refractivity contribution >= 4 is 23.2 Å². The van der Waals surface area contributed by atoms with Gasteiger partial charge in [-0.05, 0) is 43.2 Å². The standard InChI is InChI=1S/C23H15Cl2F4N3O2/c24-12-3-1-4-13(9-12)32-22(23(27,28)29)15(10-30-32)21-16(11-33-14-7-8-14)20(31-34-21)19-17(25)5-2-6-18(19)26/h1-6,9-10,14H,7-8,11H2/i11D2. The maximum Gasteiger partial charge on any atom is 0.434 e. The first-order valence-corrected chi connectivity index (χ1v) is 10.8. The zero-order valence-electron chi connectivity index (χ0n) is 19.0. The number of rotatable bonds is 6. The fraction of sp³-hybridized carbons (Fsp3) is 0.217. The van der Waals surface area contributed by atoms with E-state index < -0.39 is 52.9 Å². The molecule has 0 aliphatic heterocycles. The summed E-state index contributed by atoms with van der Waals surface area (Å²) in [4.78, 5) is 0. The Kier molecular flexibility index (Phi) is 5.26. The molecule has 4 aromatic rings. The second kappa shape index (κ2) is 8.72. The molecule has 0 amide bonds. The second-order valence-corrected chi connectivity index (χ2v) is 8.39. The van der Waals surface area contributed by atoms with E-state index in [2.05, 4.69) is 10.3 Å². The van der Waals surface area contributed by atoms with Crippen LogP contribution in [0.1, 0.15) is 26.8 Å². The molecule has 11 heteroatoms. The van der Waals surface area contributed by atoms with Crippen LogP contribution in [0.4, 0.5) is 17.6 Å². The Balaban J connectivity index is 1.78. The maximum atomic E-state index is 14.8. The largest absolute Gasteiger partial charge is 0.434 e. The number of hydrogen-bond acceptors (Lipinski definition) is 4. The van der Waals surface area contributed by atoms with Crippen LogP contribution >= 0.6 is 23.2 Å². The van der Waals surface area contributed by atoms with Crippen LogP contribution in [0.2, 0.25) is 10.0 Å². The van der Waals surface area contributed by atoms with Gasteiger partial charge in [-0.25, -0.2) is 9.07 Å². The van der Waals surface area contributed by atoms with Crippen LogP contribution in [0.3, 0.4) is 0 Å². The number of aromatic nitrogens is 3. The summed E-state index contributed by atoms with van der Waals surface area (Å²) < 4.78 is 86.3. The lowest BCUT2D eigenvalue weighted by atomic mass is 10.0. The van der Waals surface area contributed by atoms with Crippen LogP contribution in [0.5, 0.6) is 0 Å². The molecule has 5 nitrogen and oxygen atoms in total. The van der Waals surface area contributed by atoms with E-state index in [9.17, 15) is 17.6 Å². The van der Waals surface area contributed by atoms with Crippen molar-refractivity contribution in [1.29, 1.82) is 0 Å². The third-order valence-electron chi connectivity index (χ3n) is 5.08. The van der Waals surface area contributed by atoms with E-state index in [0.29, 0.717) is 17.5 Å². The van der Waals surface area contributed by atoms with Crippen molar-refractivity contribution in [1.82, 2.24) is 14.9 Å². The van der Waals surface area contributed by atoms with E-state index in [-0.39, 0.29) is 21.3 Å². The van der Waals surface area contributed by atoms with Gasteiger partial charge in [-0.2, -0.15) is 18.3 Å². The van der Waals surface area contributed by atoms with E-state index in [4.69, 9.17) is 35.2 Å². The van der Waals surface area contributed by atoms with Gasteiger partial charge in [0.15, 0.2) is 11.5 Å². The molecular formula is C23H15Cl2F4N3O2. The van der Waals surface area contributed by atoms with Gasteiger partial charge >= 0.3 is 6.18 Å². The van der Waals surface area contributed by atoms with Gasteiger partial charge in [-0.3, -0.25) is 0 Å². The van der Waals surface area contributed by atoms with Gasteiger partial charge in [0.1, 0.15) is 11.5 Å². The van der Waals surface area contributed by atoms with E-state index in [0.717, 1.165) is 12.3 Å². The Morgan fingerprint density at radius 2 is 1.94 bits per heavy atom. The van der Waals surface area contributed by atoms with Gasteiger partial charge in [0.2, 0.25) is 0 Å². The molecule has 1 saturated carbocycles. The molecule has 0 radical (unpaired) electrons. The SMILES string of the molecule is [2H]C([2H])(OC1CC1)c1c(-c2c(F)cccc2Cl)noc1-c1cnn(-c2cccc(Cl)c2)c1C(F)(F)F. The third kappa shape index (κ3) is 4.31. The Hall–Kier alpha value is -2.88. The summed E-state index contributed by atoms with van der Waals surface area (Å²) >= 11 is 12.1. The lowest BCUT2D eigenvalue weighted by Gasteiger charge is -2.13. The minimum Gasteiger partial charge on any atom is -0.373 e. The number of benzene rings is 2. The van der Waals surface area contributed by atoms with Crippen molar-refractivity contribution in [2.24, 2.45) is 0 Å². The molecule has 1 aliphatic carbocycles. The zero-order chi connectivity index (χ0) is 25.8. The summed E-state index contributed by atoms with van der Waals surface area (Å²) in [5.74, 6) is -1.48. The van der Waals surface area contributed by atoms with Crippen molar-refractivity contribution in [3.8, 4) is 28.3 Å². The highest BCUT2D eigenvalue weighted by Crippen LogP contribution is 2.43. The smallest absolute Gasteiger partial charge is 0.373 e. The van der Waals surface area contributed by atoms with Crippen molar-refractivity contribution < 1.29 is 29.6 Å². The van der Waals surface area contributed by atoms with Crippen LogP contribution in [0.25, 0.3) is 28.3 Å². The molecule has 2 aromatic carbocycles. The molecule has 0 N–H and O–H groups in total. The Bertz CT molecular complexity index is 1430. The van der Waals surface area contributed by atoms with Crippen LogP contribution in [-0.2, 0) is 17.5 Å². The molecule has 176 valence electrons. The highest BCUT2D eigenvalue weighted by atomic mass is 35.5. The van der Waals surface area contributed by atoms with Crippen LogP contribution in [-0.4, -0.2) is 21.0 Å². The molecule has 2 heterocycles. The molecule has 0 atom stereocenters. The van der Waals surface area contributed by atoms with Gasteiger partial charge in [-0.15, -0.1) is 0 Å². The highest BCUT2D eigenvalue weighted by Gasteiger charge is 2.41. The number of halogens is 6. The lowest BCUT2D eigenvalue weighted by Crippen LogP contribution is -2.14. The predicted octanol–water partition coefficient (Wildman–Crippen LogP) is 7.34. The van der Waals surface area contributed by atoms with Crippen LogP contribution in [0, 0.1) is 5.82 Å². The van der Waals surface area contributed by atoms with Gasteiger partial charge in [0.05, 0.1) is 49.0 Å². The zero-order valence-corrected chi connectivity index (χ0v) is 18.5. The third-order valence-corrected chi connectivity index (χ3v) is 5.63. The quantitative estimate of drug-likeness (QED) is 0.253. The van der Waals surface area contributed by atoms with Gasteiger partial charge in [0, 0.05) is 5.02 Å². The van der Waals surface area contributed by atoms with Gasteiger partial charge in [-0.1, -0.05) is 40.5 Å². The van der Waals surface area contributed by atoms with Crippen molar-refractivity contribution in [2.45, 2.75) is 31.7 Å². The maximum absolute atomic E-state index is 14.8. The first kappa shape index (κ1) is 20.5. The Morgan fingerprint density at radius 1 is 1.18 bits per heavy atom. The fourth-order valence-electron chi connectivity index (χ4n) is 3.38. The van der Waals surface area contributed by atoms with E-state index in [1.807, 2.05) is 0 Å². The molecule has 0 spiro atoms. The number of ether oxygens (including phenoxy) is 1. The topological polar surface area (TPSA) is 53.1 Å². The Labute approximate surface area is 203 Å².